The highest BCUT2D eigenvalue weighted by Crippen LogP contribution is 2.74. The smallest absolute Gasteiger partial charge is 0.311 e. The molecule has 11 N–H and O–H groups in total. The van der Waals surface area contributed by atoms with Crippen molar-refractivity contribution in [3.63, 3.8) is 0 Å². The van der Waals surface area contributed by atoms with Crippen molar-refractivity contribution in [1.29, 1.82) is 0 Å². The van der Waals surface area contributed by atoms with Gasteiger partial charge in [0, 0.05) is 5.41 Å². The maximum Gasteiger partial charge on any atom is 0.311 e. The number of esters is 1. The van der Waals surface area contributed by atoms with Crippen LogP contribution in [0.5, 0.6) is 0 Å². The van der Waals surface area contributed by atoms with E-state index >= 15 is 0 Å². The molecule has 3 aliphatic heterocycles. The van der Waals surface area contributed by atoms with Crippen LogP contribution in [0.15, 0.2) is 11.6 Å². The third kappa shape index (κ3) is 8.15. The summed E-state index contributed by atoms with van der Waals surface area (Å²) in [7, 11) is 0. The molecule has 0 aromatic rings. The summed E-state index contributed by atoms with van der Waals surface area (Å²) in [6, 6.07) is 0. The number of fused-ring (bicyclic) bond motifs is 7. The van der Waals surface area contributed by atoms with E-state index in [4.69, 9.17) is 28.4 Å². The Bertz CT molecular complexity index is 1780. The first kappa shape index (κ1) is 50.9. The van der Waals surface area contributed by atoms with Crippen LogP contribution in [0.1, 0.15) is 106 Å². The van der Waals surface area contributed by atoms with Crippen LogP contribution in [0.4, 0.5) is 0 Å². The highest BCUT2D eigenvalue weighted by molar-refractivity contribution is 5.73. The van der Waals surface area contributed by atoms with E-state index in [0.29, 0.717) is 18.8 Å². The number of hydrogen-bond donors (Lipinski definition) is 11. The Balaban J connectivity index is 0.940. The zero-order valence-corrected chi connectivity index (χ0v) is 39.5. The molecule has 378 valence electrons. The molecule has 18 heteroatoms. The summed E-state index contributed by atoms with van der Waals surface area (Å²) in [4.78, 5) is 14.5. The van der Waals surface area contributed by atoms with Crippen LogP contribution in [-0.4, -0.2) is 180 Å². The lowest BCUT2D eigenvalue weighted by molar-refractivity contribution is -0.361. The largest absolute Gasteiger partial charge is 0.432 e. The second-order valence-electron chi connectivity index (χ2n) is 23.3. The molecule has 3 heterocycles. The maximum absolute atomic E-state index is 14.5. The predicted octanol–water partition coefficient (Wildman–Crippen LogP) is -0.00360. The average Bonchev–Trinajstić information content (AvgIpc) is 3.27. The van der Waals surface area contributed by atoms with Crippen molar-refractivity contribution >= 4 is 5.97 Å². The molecule has 8 aliphatic rings. The zero-order chi connectivity index (χ0) is 48.2. The molecular weight excluding hydrogens is 865 g/mol. The number of rotatable bonds is 9. The molecule has 66 heavy (non-hydrogen) atoms. The topological polar surface area (TPSA) is 295 Å². The van der Waals surface area contributed by atoms with Gasteiger partial charge in [-0.1, -0.05) is 53.2 Å². The SMILES string of the molecule is C[C@@H]1O[C@@H](O[C@H]2[C@H](O)[C@@H](O)[C@H](OC[C@H]3O[C@@H](OC(=O)[C@@H]4CC(C)(C)C[C@H]5C6=CC[C@@H]7[C@@]8(C)CC[C@H](O)[C@@](C)(CO)[C@@H]8CC[C@@]7(C)[C@]6(C)CC[C@@H]45)[C@H](O)[C@@H](O)[C@@H]3O)O[C@@H]2CO)[C@H](O)[C@H](O)[C@H]1O. The predicted molar refractivity (Wildman–Crippen MR) is 230 cm³/mol. The number of carbonyl (C=O) groups excluding carboxylic acids is 1. The van der Waals surface area contributed by atoms with Crippen molar-refractivity contribution in [1.82, 2.24) is 0 Å². The molecule has 0 unspecified atom stereocenters. The van der Waals surface area contributed by atoms with Gasteiger partial charge in [0.05, 0.1) is 37.9 Å². The van der Waals surface area contributed by atoms with Gasteiger partial charge in [0.25, 0.3) is 0 Å². The molecule has 0 amide bonds. The Kier molecular flexibility index (Phi) is 14.1. The minimum absolute atomic E-state index is 0.0367. The van der Waals surface area contributed by atoms with E-state index in [2.05, 4.69) is 47.6 Å². The lowest BCUT2D eigenvalue weighted by Gasteiger charge is -2.70. The molecule has 18 nitrogen and oxygen atoms in total. The molecular formula is C48H78O18. The van der Waals surface area contributed by atoms with Gasteiger partial charge in [-0.15, -0.1) is 0 Å². The van der Waals surface area contributed by atoms with Crippen molar-refractivity contribution in [3.8, 4) is 0 Å². The minimum atomic E-state index is -1.84. The van der Waals surface area contributed by atoms with Gasteiger partial charge in [-0.3, -0.25) is 4.79 Å². The molecule has 0 bridgehead atoms. The van der Waals surface area contributed by atoms with Crippen LogP contribution in [0.3, 0.4) is 0 Å². The lowest BCUT2D eigenvalue weighted by atomic mass is 9.34. The molecule has 7 fully saturated rings. The van der Waals surface area contributed by atoms with Gasteiger partial charge >= 0.3 is 5.97 Å². The van der Waals surface area contributed by atoms with E-state index in [1.54, 1.807) is 0 Å². The Morgan fingerprint density at radius 2 is 1.35 bits per heavy atom. The summed E-state index contributed by atoms with van der Waals surface area (Å²) in [6.45, 7) is 13.7. The Morgan fingerprint density at radius 3 is 2.03 bits per heavy atom. The third-order valence-corrected chi connectivity index (χ3v) is 19.1. The molecule has 5 aliphatic carbocycles. The van der Waals surface area contributed by atoms with Crippen molar-refractivity contribution in [2.24, 2.45) is 56.7 Å². The molecule has 25 atom stereocenters. The van der Waals surface area contributed by atoms with Gasteiger partial charge in [0.15, 0.2) is 12.6 Å². The molecule has 0 radical (unpaired) electrons. The van der Waals surface area contributed by atoms with Gasteiger partial charge in [0.1, 0.15) is 67.1 Å². The van der Waals surface area contributed by atoms with E-state index in [0.717, 1.165) is 44.9 Å². The summed E-state index contributed by atoms with van der Waals surface area (Å²) < 4.78 is 34.4. The summed E-state index contributed by atoms with van der Waals surface area (Å²) >= 11 is 0. The fraction of sp³-hybridized carbons (Fsp3) is 0.938. The van der Waals surface area contributed by atoms with E-state index in [9.17, 15) is 61.0 Å². The zero-order valence-electron chi connectivity index (χ0n) is 39.5. The highest BCUT2D eigenvalue weighted by atomic mass is 16.8. The van der Waals surface area contributed by atoms with Crippen LogP contribution < -0.4 is 0 Å². The second kappa shape index (κ2) is 18.3. The molecule has 0 spiro atoms. The second-order valence-corrected chi connectivity index (χ2v) is 23.3. The Hall–Kier alpha value is -1.43. The van der Waals surface area contributed by atoms with Gasteiger partial charge < -0.3 is 84.6 Å². The number of aliphatic hydroxyl groups excluding tert-OH is 11. The van der Waals surface area contributed by atoms with E-state index < -0.39 is 129 Å². The van der Waals surface area contributed by atoms with E-state index in [1.807, 2.05) is 0 Å². The quantitative estimate of drug-likeness (QED) is 0.107. The van der Waals surface area contributed by atoms with Gasteiger partial charge in [-0.2, -0.15) is 0 Å². The fourth-order valence-corrected chi connectivity index (χ4v) is 15.1. The first-order chi connectivity index (χ1) is 30.9. The van der Waals surface area contributed by atoms with E-state index in [-0.39, 0.29) is 46.0 Å². The normalized spacial score (nSPS) is 54.8. The van der Waals surface area contributed by atoms with Gasteiger partial charge in [0.2, 0.25) is 6.29 Å². The number of hydrogen-bond acceptors (Lipinski definition) is 18. The maximum atomic E-state index is 14.5. The highest BCUT2D eigenvalue weighted by Gasteiger charge is 2.68. The van der Waals surface area contributed by atoms with Crippen LogP contribution in [0, 0.1) is 56.7 Å². The van der Waals surface area contributed by atoms with Crippen LogP contribution in [0.25, 0.3) is 0 Å². The fourth-order valence-electron chi connectivity index (χ4n) is 15.1. The van der Waals surface area contributed by atoms with E-state index in [1.165, 1.54) is 12.5 Å². The van der Waals surface area contributed by atoms with Crippen LogP contribution in [0.2, 0.25) is 0 Å². The lowest BCUT2D eigenvalue weighted by Crippen LogP contribution is -2.65. The number of allylic oxidation sites excluding steroid dienone is 2. The average molecular weight is 943 g/mol. The van der Waals surface area contributed by atoms with Crippen molar-refractivity contribution in [3.05, 3.63) is 11.6 Å². The Labute approximate surface area is 387 Å². The number of carbonyl (C=O) groups is 1. The first-order valence-corrected chi connectivity index (χ1v) is 24.4. The number of aliphatic hydroxyl groups is 11. The van der Waals surface area contributed by atoms with Crippen molar-refractivity contribution in [2.75, 3.05) is 19.8 Å². The standard InChI is InChI=1S/C48H78O18/c1-21-31(52)33(54)36(57)42(62-21)65-39-26(18-49)63-41(38(59)35(39)56)61-19-27-32(53)34(55)37(58)43(64-27)66-40(60)24-17-44(2,3)16-23-22(24)10-14-47(6)25(23)8-9-29-45(4)13-12-30(51)46(5,20-50)28(45)11-15-48(29,47)7/h8,21-24,26-39,41-43,49-59H,9-20H2,1-7H3/t21-,22+,23+,24+,26+,27+,28+,29+,30-,31-,32+,33+,34-,35+,36+,37+,38+,39+,41+,42-,43-,45-,46-,47+,48+/m0/s1. The summed E-state index contributed by atoms with van der Waals surface area (Å²) in [5, 5.41) is 118. The molecule has 0 aromatic heterocycles. The minimum Gasteiger partial charge on any atom is -0.432 e. The number of ether oxygens (including phenoxy) is 6. The Morgan fingerprint density at radius 1 is 0.697 bits per heavy atom. The van der Waals surface area contributed by atoms with Gasteiger partial charge in [-0.05, 0) is 110 Å². The van der Waals surface area contributed by atoms with Gasteiger partial charge in [-0.25, -0.2) is 0 Å². The summed E-state index contributed by atoms with van der Waals surface area (Å²) in [5.74, 6) is -0.527. The molecule has 0 aromatic carbocycles. The first-order valence-electron chi connectivity index (χ1n) is 24.4. The summed E-state index contributed by atoms with van der Waals surface area (Å²) in [6.07, 6.45) is -14.7. The van der Waals surface area contributed by atoms with Crippen molar-refractivity contribution in [2.45, 2.75) is 204 Å². The van der Waals surface area contributed by atoms with Crippen LogP contribution >= 0.6 is 0 Å². The molecule has 8 rings (SSSR count). The van der Waals surface area contributed by atoms with Crippen molar-refractivity contribution < 1.29 is 89.4 Å². The van der Waals surface area contributed by atoms with Crippen LogP contribution in [-0.2, 0) is 33.2 Å². The third-order valence-electron chi connectivity index (χ3n) is 19.1. The molecule has 3 saturated heterocycles. The monoisotopic (exact) mass is 943 g/mol. The molecule has 4 saturated carbocycles. The summed E-state index contributed by atoms with van der Waals surface area (Å²) in [5.41, 5.74) is 0.380.